The van der Waals surface area contributed by atoms with Crippen molar-refractivity contribution >= 4 is 41.1 Å². The number of methoxy groups -OCH3 is 2. The summed E-state index contributed by atoms with van der Waals surface area (Å²) in [4.78, 5) is 37.4. The fourth-order valence-corrected chi connectivity index (χ4v) is 3.09. The molecule has 0 heterocycles. The average Bonchev–Trinajstić information content (AvgIpc) is 2.84. The molecule has 2 N–H and O–H groups in total. The summed E-state index contributed by atoms with van der Waals surface area (Å²) in [5, 5.41) is 5.60. The molecule has 0 aliphatic carbocycles. The average molecular weight is 465 g/mol. The van der Waals surface area contributed by atoms with Crippen LogP contribution in [0.4, 0.5) is 5.69 Å². The van der Waals surface area contributed by atoms with Gasteiger partial charge in [-0.25, -0.2) is 4.79 Å². The number of amides is 2. The van der Waals surface area contributed by atoms with Crippen LogP contribution in [-0.2, 0) is 9.53 Å². The highest BCUT2D eigenvalue weighted by molar-refractivity contribution is 6.34. The van der Waals surface area contributed by atoms with Crippen LogP contribution in [0, 0.1) is 0 Å². The molecule has 0 saturated heterocycles. The Balaban J connectivity index is 1.87. The Labute approximate surface area is 196 Å². The molecule has 0 radical (unpaired) electrons. The molecule has 0 unspecified atom stereocenters. The van der Waals surface area contributed by atoms with E-state index in [0.29, 0.717) is 22.6 Å². The van der Waals surface area contributed by atoms with E-state index in [1.807, 2.05) is 0 Å². The minimum Gasteiger partial charge on any atom is -0.497 e. The van der Waals surface area contributed by atoms with Crippen molar-refractivity contribution in [3.8, 4) is 5.75 Å². The second-order valence-corrected chi connectivity index (χ2v) is 7.20. The van der Waals surface area contributed by atoms with E-state index in [1.54, 1.807) is 67.8 Å². The van der Waals surface area contributed by atoms with Gasteiger partial charge in [-0.2, -0.15) is 0 Å². The number of hydrogen-bond acceptors (Lipinski definition) is 5. The van der Waals surface area contributed by atoms with Crippen molar-refractivity contribution < 1.29 is 23.9 Å². The van der Waals surface area contributed by atoms with Crippen LogP contribution in [0.15, 0.2) is 78.5 Å². The lowest BCUT2D eigenvalue weighted by Gasteiger charge is -2.12. The standard InChI is InChI=1S/C25H21ClN2O5/c1-32-19-13-7-16(8-14-19)15-22(28-23(29)20-5-3-4-6-21(20)26)24(30)27-18-11-9-17(10-12-18)25(31)33-2/h3-15H,1-2H3,(H,27,30)(H,28,29). The number of anilines is 1. The molecule has 3 aromatic rings. The highest BCUT2D eigenvalue weighted by atomic mass is 35.5. The van der Waals surface area contributed by atoms with Gasteiger partial charge < -0.3 is 20.1 Å². The number of esters is 1. The van der Waals surface area contributed by atoms with Gasteiger partial charge in [0, 0.05) is 5.69 Å². The van der Waals surface area contributed by atoms with E-state index < -0.39 is 17.8 Å². The summed E-state index contributed by atoms with van der Waals surface area (Å²) in [7, 11) is 2.84. The number of ether oxygens (including phenoxy) is 2. The largest absolute Gasteiger partial charge is 0.497 e. The Bertz CT molecular complexity index is 1190. The molecular formula is C25H21ClN2O5. The number of carbonyl (C=O) groups excluding carboxylic acids is 3. The predicted molar refractivity (Wildman–Crippen MR) is 126 cm³/mol. The number of hydrogen-bond donors (Lipinski definition) is 2. The maximum atomic E-state index is 13.0. The van der Waals surface area contributed by atoms with Gasteiger partial charge in [-0.1, -0.05) is 35.9 Å². The summed E-state index contributed by atoms with van der Waals surface area (Å²) in [6, 6.07) is 19.7. The van der Waals surface area contributed by atoms with Gasteiger partial charge in [0.25, 0.3) is 11.8 Å². The molecule has 8 heteroatoms. The van der Waals surface area contributed by atoms with E-state index >= 15 is 0 Å². The third-order valence-electron chi connectivity index (χ3n) is 4.60. The molecule has 0 spiro atoms. The van der Waals surface area contributed by atoms with Crippen molar-refractivity contribution in [3.05, 3.63) is 100 Å². The lowest BCUT2D eigenvalue weighted by Crippen LogP contribution is -2.31. The molecule has 3 rings (SSSR count). The van der Waals surface area contributed by atoms with Crippen molar-refractivity contribution in [1.29, 1.82) is 0 Å². The van der Waals surface area contributed by atoms with Gasteiger partial charge in [-0.05, 0) is 60.2 Å². The first-order valence-corrected chi connectivity index (χ1v) is 10.2. The second kappa shape index (κ2) is 11.0. The van der Waals surface area contributed by atoms with Gasteiger partial charge in [0.15, 0.2) is 0 Å². The highest BCUT2D eigenvalue weighted by Crippen LogP contribution is 2.18. The van der Waals surface area contributed by atoms with E-state index in [-0.39, 0.29) is 16.3 Å². The molecule has 0 aromatic heterocycles. The first kappa shape index (κ1) is 23.6. The summed E-state index contributed by atoms with van der Waals surface area (Å²) >= 11 is 6.13. The number of halogens is 1. The van der Waals surface area contributed by atoms with Gasteiger partial charge in [0.1, 0.15) is 11.4 Å². The lowest BCUT2D eigenvalue weighted by atomic mass is 10.1. The van der Waals surface area contributed by atoms with Crippen LogP contribution in [0.5, 0.6) is 5.75 Å². The molecular weight excluding hydrogens is 444 g/mol. The van der Waals surface area contributed by atoms with Crippen LogP contribution in [-0.4, -0.2) is 32.0 Å². The van der Waals surface area contributed by atoms with Crippen molar-refractivity contribution in [2.75, 3.05) is 19.5 Å². The van der Waals surface area contributed by atoms with E-state index in [4.69, 9.17) is 16.3 Å². The SMILES string of the molecule is COC(=O)c1ccc(NC(=O)C(=Cc2ccc(OC)cc2)NC(=O)c2ccccc2Cl)cc1. The molecule has 0 saturated carbocycles. The van der Waals surface area contributed by atoms with Crippen molar-refractivity contribution in [1.82, 2.24) is 5.32 Å². The molecule has 7 nitrogen and oxygen atoms in total. The molecule has 3 aromatic carbocycles. The summed E-state index contributed by atoms with van der Waals surface area (Å²) < 4.78 is 9.82. The molecule has 0 fully saturated rings. The Morgan fingerprint density at radius 1 is 0.879 bits per heavy atom. The third-order valence-corrected chi connectivity index (χ3v) is 4.93. The van der Waals surface area contributed by atoms with Crippen molar-refractivity contribution in [3.63, 3.8) is 0 Å². The molecule has 0 atom stereocenters. The van der Waals surface area contributed by atoms with Gasteiger partial charge in [-0.3, -0.25) is 9.59 Å². The molecule has 2 amide bonds. The molecule has 33 heavy (non-hydrogen) atoms. The minimum atomic E-state index is -0.558. The zero-order valence-corrected chi connectivity index (χ0v) is 18.7. The summed E-state index contributed by atoms with van der Waals surface area (Å²) in [5.74, 6) is -0.919. The number of nitrogens with one attached hydrogen (secondary N) is 2. The fourth-order valence-electron chi connectivity index (χ4n) is 2.87. The maximum absolute atomic E-state index is 13.0. The van der Waals surface area contributed by atoms with Crippen LogP contribution in [0.25, 0.3) is 6.08 Å². The van der Waals surface area contributed by atoms with Gasteiger partial charge in [0.05, 0.1) is 30.4 Å². The van der Waals surface area contributed by atoms with Crippen molar-refractivity contribution in [2.45, 2.75) is 0 Å². The Morgan fingerprint density at radius 3 is 2.15 bits per heavy atom. The summed E-state index contributed by atoms with van der Waals surface area (Å²) in [6.07, 6.45) is 1.53. The lowest BCUT2D eigenvalue weighted by molar-refractivity contribution is -0.113. The molecule has 0 aliphatic heterocycles. The van der Waals surface area contributed by atoms with Crippen LogP contribution in [0.2, 0.25) is 5.02 Å². The predicted octanol–water partition coefficient (Wildman–Crippen LogP) is 4.54. The Kier molecular flexibility index (Phi) is 7.83. The van der Waals surface area contributed by atoms with Gasteiger partial charge in [-0.15, -0.1) is 0 Å². The molecule has 0 bridgehead atoms. The second-order valence-electron chi connectivity index (χ2n) is 6.79. The topological polar surface area (TPSA) is 93.7 Å². The first-order valence-electron chi connectivity index (χ1n) is 9.82. The Morgan fingerprint density at radius 2 is 1.55 bits per heavy atom. The van der Waals surface area contributed by atoms with E-state index in [9.17, 15) is 14.4 Å². The van der Waals surface area contributed by atoms with Crippen LogP contribution < -0.4 is 15.4 Å². The molecule has 0 aliphatic rings. The minimum absolute atomic E-state index is 0.00197. The van der Waals surface area contributed by atoms with Crippen LogP contribution in [0.1, 0.15) is 26.3 Å². The van der Waals surface area contributed by atoms with Gasteiger partial charge in [0.2, 0.25) is 0 Å². The first-order chi connectivity index (χ1) is 15.9. The normalized spacial score (nSPS) is 10.8. The van der Waals surface area contributed by atoms with Crippen LogP contribution >= 0.6 is 11.6 Å². The zero-order valence-electron chi connectivity index (χ0n) is 17.9. The summed E-state index contributed by atoms with van der Waals surface area (Å²) in [5.41, 5.74) is 1.68. The quantitative estimate of drug-likeness (QED) is 0.395. The smallest absolute Gasteiger partial charge is 0.337 e. The maximum Gasteiger partial charge on any atom is 0.337 e. The number of benzene rings is 3. The monoisotopic (exact) mass is 464 g/mol. The summed E-state index contributed by atoms with van der Waals surface area (Å²) in [6.45, 7) is 0. The van der Waals surface area contributed by atoms with Gasteiger partial charge >= 0.3 is 5.97 Å². The van der Waals surface area contributed by atoms with Crippen LogP contribution in [0.3, 0.4) is 0 Å². The number of carbonyl (C=O) groups is 3. The van der Waals surface area contributed by atoms with E-state index in [2.05, 4.69) is 15.4 Å². The zero-order chi connectivity index (χ0) is 23.8. The third kappa shape index (κ3) is 6.21. The van der Waals surface area contributed by atoms with E-state index in [0.717, 1.165) is 0 Å². The highest BCUT2D eigenvalue weighted by Gasteiger charge is 2.17. The number of rotatable bonds is 7. The molecule has 168 valence electrons. The van der Waals surface area contributed by atoms with E-state index in [1.165, 1.54) is 25.3 Å². The van der Waals surface area contributed by atoms with Crippen molar-refractivity contribution in [2.24, 2.45) is 0 Å². The Hall–Kier alpha value is -4.10. The fraction of sp³-hybridized carbons (Fsp3) is 0.0800.